The quantitative estimate of drug-likeness (QED) is 0.808. The van der Waals surface area contributed by atoms with Crippen molar-refractivity contribution in [2.75, 3.05) is 19.6 Å². The molecule has 0 spiro atoms. The molecule has 1 aliphatic heterocycles. The van der Waals surface area contributed by atoms with Crippen LogP contribution in [0.1, 0.15) is 46.5 Å². The normalized spacial score (nSPS) is 22.1. The molecular formula is C13H26N2O2. The average molecular weight is 242 g/mol. The van der Waals surface area contributed by atoms with E-state index in [2.05, 4.69) is 0 Å². The second kappa shape index (κ2) is 6.24. The van der Waals surface area contributed by atoms with Crippen molar-refractivity contribution in [2.45, 2.75) is 52.1 Å². The molecule has 1 aliphatic rings. The van der Waals surface area contributed by atoms with E-state index in [9.17, 15) is 4.79 Å². The Kier molecular flexibility index (Phi) is 5.25. The highest BCUT2D eigenvalue weighted by atomic mass is 16.6. The minimum atomic E-state index is -0.410. The maximum atomic E-state index is 12.0. The third-order valence-corrected chi connectivity index (χ3v) is 3.00. The summed E-state index contributed by atoms with van der Waals surface area (Å²) in [6.07, 6.45) is 4.25. The van der Waals surface area contributed by atoms with Crippen LogP contribution in [0.3, 0.4) is 0 Å². The molecule has 0 radical (unpaired) electrons. The summed E-state index contributed by atoms with van der Waals surface area (Å²) in [5.74, 6) is 0.537. The summed E-state index contributed by atoms with van der Waals surface area (Å²) in [7, 11) is 0. The van der Waals surface area contributed by atoms with E-state index in [0.717, 1.165) is 25.9 Å². The van der Waals surface area contributed by atoms with Crippen molar-refractivity contribution in [3.8, 4) is 0 Å². The molecule has 0 aromatic rings. The third-order valence-electron chi connectivity index (χ3n) is 3.00. The SMILES string of the molecule is CC(C)(C)OC(=O)N1CCCCC(CCN)C1. The summed E-state index contributed by atoms with van der Waals surface area (Å²) in [6.45, 7) is 8.02. The molecule has 1 fully saturated rings. The summed E-state index contributed by atoms with van der Waals surface area (Å²) in [6, 6.07) is 0. The first kappa shape index (κ1) is 14.3. The largest absolute Gasteiger partial charge is 0.444 e. The van der Waals surface area contributed by atoms with Gasteiger partial charge in [0, 0.05) is 13.1 Å². The van der Waals surface area contributed by atoms with Gasteiger partial charge in [0.2, 0.25) is 0 Å². The fraction of sp³-hybridized carbons (Fsp3) is 0.923. The van der Waals surface area contributed by atoms with Crippen molar-refractivity contribution in [3.63, 3.8) is 0 Å². The molecule has 0 saturated carbocycles. The molecule has 0 bridgehead atoms. The lowest BCUT2D eigenvalue weighted by molar-refractivity contribution is 0.0233. The highest BCUT2D eigenvalue weighted by Crippen LogP contribution is 2.20. The molecule has 1 unspecified atom stereocenters. The van der Waals surface area contributed by atoms with Crippen LogP contribution in [0.25, 0.3) is 0 Å². The number of amides is 1. The molecule has 1 amide bonds. The summed E-state index contributed by atoms with van der Waals surface area (Å²) < 4.78 is 5.41. The van der Waals surface area contributed by atoms with Gasteiger partial charge in [0.1, 0.15) is 5.60 Å². The Labute approximate surface area is 104 Å². The second-order valence-electron chi connectivity index (χ2n) is 5.87. The van der Waals surface area contributed by atoms with Gasteiger partial charge in [0.25, 0.3) is 0 Å². The van der Waals surface area contributed by atoms with Gasteiger partial charge in [-0.3, -0.25) is 0 Å². The van der Waals surface area contributed by atoms with Crippen LogP contribution in [0.15, 0.2) is 0 Å². The highest BCUT2D eigenvalue weighted by Gasteiger charge is 2.25. The van der Waals surface area contributed by atoms with Crippen molar-refractivity contribution in [3.05, 3.63) is 0 Å². The summed E-state index contributed by atoms with van der Waals surface area (Å²) in [5, 5.41) is 0. The lowest BCUT2D eigenvalue weighted by Crippen LogP contribution is -2.39. The lowest BCUT2D eigenvalue weighted by atomic mass is 10.00. The van der Waals surface area contributed by atoms with Crippen LogP contribution in [-0.4, -0.2) is 36.2 Å². The molecule has 4 nitrogen and oxygen atoms in total. The zero-order valence-corrected chi connectivity index (χ0v) is 11.4. The van der Waals surface area contributed by atoms with Gasteiger partial charge < -0.3 is 15.4 Å². The van der Waals surface area contributed by atoms with Gasteiger partial charge in [-0.05, 0) is 52.5 Å². The number of carbonyl (C=O) groups is 1. The molecule has 1 rings (SSSR count). The Morgan fingerprint density at radius 3 is 2.71 bits per heavy atom. The number of ether oxygens (including phenoxy) is 1. The van der Waals surface area contributed by atoms with E-state index >= 15 is 0 Å². The molecule has 2 N–H and O–H groups in total. The van der Waals surface area contributed by atoms with Gasteiger partial charge in [-0.1, -0.05) is 6.42 Å². The predicted molar refractivity (Wildman–Crippen MR) is 68.8 cm³/mol. The first-order valence-corrected chi connectivity index (χ1v) is 6.60. The Hall–Kier alpha value is -0.770. The molecule has 17 heavy (non-hydrogen) atoms. The zero-order chi connectivity index (χ0) is 12.9. The predicted octanol–water partition coefficient (Wildman–Crippen LogP) is 2.37. The van der Waals surface area contributed by atoms with Crippen LogP contribution in [-0.2, 0) is 4.74 Å². The highest BCUT2D eigenvalue weighted by molar-refractivity contribution is 5.68. The minimum absolute atomic E-state index is 0.179. The fourth-order valence-corrected chi connectivity index (χ4v) is 2.19. The van der Waals surface area contributed by atoms with Gasteiger partial charge in [0.15, 0.2) is 0 Å². The minimum Gasteiger partial charge on any atom is -0.444 e. The van der Waals surface area contributed by atoms with Crippen LogP contribution < -0.4 is 5.73 Å². The number of hydrogen-bond donors (Lipinski definition) is 1. The Morgan fingerprint density at radius 2 is 2.12 bits per heavy atom. The lowest BCUT2D eigenvalue weighted by Gasteiger charge is -2.28. The van der Waals surface area contributed by atoms with Crippen molar-refractivity contribution < 1.29 is 9.53 Å². The Balaban J connectivity index is 2.53. The van der Waals surface area contributed by atoms with Gasteiger partial charge in [-0.2, -0.15) is 0 Å². The number of hydrogen-bond acceptors (Lipinski definition) is 3. The van der Waals surface area contributed by atoms with Crippen LogP contribution in [0.5, 0.6) is 0 Å². The average Bonchev–Trinajstić information content (AvgIpc) is 2.41. The molecular weight excluding hydrogens is 216 g/mol. The van der Waals surface area contributed by atoms with Gasteiger partial charge >= 0.3 is 6.09 Å². The molecule has 1 atom stereocenters. The fourth-order valence-electron chi connectivity index (χ4n) is 2.19. The van der Waals surface area contributed by atoms with E-state index in [1.54, 1.807) is 0 Å². The first-order valence-electron chi connectivity index (χ1n) is 6.60. The molecule has 100 valence electrons. The second-order valence-corrected chi connectivity index (χ2v) is 5.87. The number of rotatable bonds is 2. The topological polar surface area (TPSA) is 55.6 Å². The number of carbonyl (C=O) groups excluding carboxylic acids is 1. The van der Waals surface area contributed by atoms with Gasteiger partial charge in [-0.25, -0.2) is 4.79 Å². The molecule has 0 aromatic carbocycles. The van der Waals surface area contributed by atoms with Crippen molar-refractivity contribution in [1.82, 2.24) is 4.90 Å². The van der Waals surface area contributed by atoms with E-state index in [4.69, 9.17) is 10.5 Å². The third kappa shape index (κ3) is 5.39. The summed E-state index contributed by atoms with van der Waals surface area (Å²) in [4.78, 5) is 13.8. The van der Waals surface area contributed by atoms with Crippen LogP contribution in [0.2, 0.25) is 0 Å². The maximum absolute atomic E-state index is 12.0. The summed E-state index contributed by atoms with van der Waals surface area (Å²) in [5.41, 5.74) is 5.19. The van der Waals surface area contributed by atoms with E-state index in [1.165, 1.54) is 12.8 Å². The van der Waals surface area contributed by atoms with E-state index < -0.39 is 5.60 Å². The van der Waals surface area contributed by atoms with Crippen molar-refractivity contribution in [2.24, 2.45) is 11.7 Å². The van der Waals surface area contributed by atoms with E-state index in [1.807, 2.05) is 25.7 Å². The molecule has 0 aromatic heterocycles. The number of likely N-dealkylation sites (tertiary alicyclic amines) is 1. The molecule has 1 heterocycles. The summed E-state index contributed by atoms with van der Waals surface area (Å²) >= 11 is 0. The molecule has 0 aliphatic carbocycles. The van der Waals surface area contributed by atoms with Crippen molar-refractivity contribution in [1.29, 1.82) is 0 Å². The smallest absolute Gasteiger partial charge is 0.410 e. The van der Waals surface area contributed by atoms with Gasteiger partial charge in [-0.15, -0.1) is 0 Å². The monoisotopic (exact) mass is 242 g/mol. The van der Waals surface area contributed by atoms with Crippen LogP contribution in [0, 0.1) is 5.92 Å². The van der Waals surface area contributed by atoms with Crippen LogP contribution >= 0.6 is 0 Å². The Morgan fingerprint density at radius 1 is 1.41 bits per heavy atom. The zero-order valence-electron chi connectivity index (χ0n) is 11.4. The van der Waals surface area contributed by atoms with Crippen LogP contribution in [0.4, 0.5) is 4.79 Å². The standard InChI is InChI=1S/C13H26N2O2/c1-13(2,3)17-12(16)15-9-5-4-6-11(10-15)7-8-14/h11H,4-10,14H2,1-3H3. The van der Waals surface area contributed by atoms with E-state index in [-0.39, 0.29) is 6.09 Å². The van der Waals surface area contributed by atoms with E-state index in [0.29, 0.717) is 12.5 Å². The molecule has 4 heteroatoms. The maximum Gasteiger partial charge on any atom is 0.410 e. The van der Waals surface area contributed by atoms with Crippen molar-refractivity contribution >= 4 is 6.09 Å². The number of nitrogens with zero attached hydrogens (tertiary/aromatic N) is 1. The first-order chi connectivity index (χ1) is 7.92. The molecule has 1 saturated heterocycles. The van der Waals surface area contributed by atoms with Gasteiger partial charge in [0.05, 0.1) is 0 Å². The number of nitrogens with two attached hydrogens (primary N) is 1. The Bertz CT molecular complexity index is 248.